The summed E-state index contributed by atoms with van der Waals surface area (Å²) in [4.78, 5) is 36.9. The Hall–Kier alpha value is -2.89. The van der Waals surface area contributed by atoms with E-state index in [9.17, 15) is 14.4 Å². The number of ether oxygens (including phenoxy) is 1. The Morgan fingerprint density at radius 2 is 2.04 bits per heavy atom. The Balaban J connectivity index is 1.77. The van der Waals surface area contributed by atoms with Gasteiger partial charge in [0.15, 0.2) is 5.78 Å². The van der Waals surface area contributed by atoms with Crippen molar-refractivity contribution >= 4 is 17.4 Å². The van der Waals surface area contributed by atoms with Crippen molar-refractivity contribution in [1.82, 2.24) is 4.98 Å². The van der Waals surface area contributed by atoms with Crippen LogP contribution in [0.3, 0.4) is 0 Å². The molecule has 0 aliphatic rings. The van der Waals surface area contributed by atoms with E-state index in [0.29, 0.717) is 42.0 Å². The van der Waals surface area contributed by atoms with E-state index in [1.807, 2.05) is 0 Å². The summed E-state index contributed by atoms with van der Waals surface area (Å²) in [6.45, 7) is 3.64. The highest BCUT2D eigenvalue weighted by Crippen LogP contribution is 2.14. The molecule has 0 atom stereocenters. The molecule has 0 unspecified atom stereocenters. The van der Waals surface area contributed by atoms with E-state index in [4.69, 9.17) is 4.74 Å². The molecule has 0 fully saturated rings. The van der Waals surface area contributed by atoms with Crippen LogP contribution < -0.4 is 15.6 Å². The van der Waals surface area contributed by atoms with Crippen LogP contribution in [0.15, 0.2) is 41.3 Å². The maximum absolute atomic E-state index is 11.9. The molecule has 2 rings (SSSR count). The molecule has 2 N–H and O–H groups in total. The molecular weight excluding hydrogens is 308 g/mol. The minimum absolute atomic E-state index is 0.0175. The van der Waals surface area contributed by atoms with E-state index in [-0.39, 0.29) is 17.2 Å². The molecule has 0 radical (unpaired) electrons. The zero-order chi connectivity index (χ0) is 17.5. The number of Topliss-reactive ketones (excluding diaryl/α,β-unsaturated/α-hetero) is 1. The molecular formula is C18H20N2O4. The number of ketones is 1. The predicted molar refractivity (Wildman–Crippen MR) is 91.6 cm³/mol. The van der Waals surface area contributed by atoms with Gasteiger partial charge in [0.05, 0.1) is 12.3 Å². The third-order valence-electron chi connectivity index (χ3n) is 3.46. The second-order valence-corrected chi connectivity index (χ2v) is 5.48. The fraction of sp³-hybridized carbons (Fsp3) is 0.278. The van der Waals surface area contributed by atoms with E-state index in [1.54, 1.807) is 31.2 Å². The van der Waals surface area contributed by atoms with Gasteiger partial charge in [-0.25, -0.2) is 0 Å². The van der Waals surface area contributed by atoms with Crippen LogP contribution in [0.1, 0.15) is 35.7 Å². The average Bonchev–Trinajstić information content (AvgIpc) is 2.54. The molecule has 1 amide bonds. The van der Waals surface area contributed by atoms with Crippen molar-refractivity contribution in [2.45, 2.75) is 26.7 Å². The molecule has 2 aromatic rings. The van der Waals surface area contributed by atoms with Gasteiger partial charge in [-0.2, -0.15) is 0 Å². The number of amides is 1. The molecule has 0 spiro atoms. The van der Waals surface area contributed by atoms with Crippen molar-refractivity contribution in [2.75, 3.05) is 11.9 Å². The van der Waals surface area contributed by atoms with Gasteiger partial charge >= 0.3 is 0 Å². The number of H-pyrrole nitrogens is 1. The Labute approximate surface area is 139 Å². The van der Waals surface area contributed by atoms with E-state index in [1.165, 1.54) is 19.2 Å². The number of nitrogens with one attached hydrogen (secondary N) is 2. The molecule has 126 valence electrons. The van der Waals surface area contributed by atoms with Gasteiger partial charge < -0.3 is 15.0 Å². The molecule has 6 heteroatoms. The van der Waals surface area contributed by atoms with Crippen molar-refractivity contribution in [3.05, 3.63) is 58.0 Å². The molecule has 1 aromatic heterocycles. The fourth-order valence-electron chi connectivity index (χ4n) is 2.15. The lowest BCUT2D eigenvalue weighted by atomic mass is 10.1. The summed E-state index contributed by atoms with van der Waals surface area (Å²) in [5.74, 6) is 0.446. The standard InChI is InChI=1S/C18H20N2O4/c1-12-9-18(23)19-11-16(12)20-17(22)7-4-8-24-15-6-3-5-14(10-15)13(2)21/h3,5-6,9-11H,4,7-8H2,1-2H3,(H,19,23)(H,20,22). The van der Waals surface area contributed by atoms with Crippen LogP contribution in [0.2, 0.25) is 0 Å². The maximum Gasteiger partial charge on any atom is 0.248 e. The van der Waals surface area contributed by atoms with Gasteiger partial charge in [0.2, 0.25) is 11.5 Å². The number of carbonyl (C=O) groups excluding carboxylic acids is 2. The second-order valence-electron chi connectivity index (χ2n) is 5.48. The smallest absolute Gasteiger partial charge is 0.248 e. The average molecular weight is 328 g/mol. The quantitative estimate of drug-likeness (QED) is 0.604. The van der Waals surface area contributed by atoms with E-state index in [2.05, 4.69) is 10.3 Å². The highest BCUT2D eigenvalue weighted by atomic mass is 16.5. The second kappa shape index (κ2) is 8.10. The summed E-state index contributed by atoms with van der Waals surface area (Å²) in [6.07, 6.45) is 2.32. The molecule has 1 heterocycles. The number of pyridine rings is 1. The van der Waals surface area contributed by atoms with Gasteiger partial charge in [-0.05, 0) is 38.0 Å². The van der Waals surface area contributed by atoms with Crippen molar-refractivity contribution in [3.63, 3.8) is 0 Å². The molecule has 0 aliphatic carbocycles. The summed E-state index contributed by atoms with van der Waals surface area (Å²) in [5.41, 5.74) is 1.70. The number of aromatic amines is 1. The first-order chi connectivity index (χ1) is 11.5. The van der Waals surface area contributed by atoms with Crippen molar-refractivity contribution in [2.24, 2.45) is 0 Å². The first-order valence-corrected chi connectivity index (χ1v) is 7.68. The number of hydrogen-bond acceptors (Lipinski definition) is 4. The summed E-state index contributed by atoms with van der Waals surface area (Å²) >= 11 is 0. The molecule has 6 nitrogen and oxygen atoms in total. The highest BCUT2D eigenvalue weighted by Gasteiger charge is 2.06. The lowest BCUT2D eigenvalue weighted by Crippen LogP contribution is -2.15. The van der Waals surface area contributed by atoms with Crippen molar-refractivity contribution in [3.8, 4) is 5.75 Å². The minimum Gasteiger partial charge on any atom is -0.494 e. The normalized spacial score (nSPS) is 10.2. The lowest BCUT2D eigenvalue weighted by Gasteiger charge is -2.09. The number of anilines is 1. The van der Waals surface area contributed by atoms with Gasteiger partial charge in [-0.1, -0.05) is 12.1 Å². The van der Waals surface area contributed by atoms with Crippen LogP contribution in [0.4, 0.5) is 5.69 Å². The van der Waals surface area contributed by atoms with Gasteiger partial charge in [0, 0.05) is 24.2 Å². The Kier molecular flexibility index (Phi) is 5.89. The van der Waals surface area contributed by atoms with E-state index < -0.39 is 0 Å². The van der Waals surface area contributed by atoms with Gasteiger partial charge in [-0.3, -0.25) is 14.4 Å². The molecule has 24 heavy (non-hydrogen) atoms. The zero-order valence-electron chi connectivity index (χ0n) is 13.7. The Bertz CT molecular complexity index is 796. The molecule has 0 aliphatic heterocycles. The lowest BCUT2D eigenvalue weighted by molar-refractivity contribution is -0.116. The number of aryl methyl sites for hydroxylation is 1. The Morgan fingerprint density at radius 3 is 2.75 bits per heavy atom. The number of carbonyl (C=O) groups is 2. The first-order valence-electron chi connectivity index (χ1n) is 7.68. The monoisotopic (exact) mass is 328 g/mol. The van der Waals surface area contributed by atoms with Crippen LogP contribution in [0.25, 0.3) is 0 Å². The fourth-order valence-corrected chi connectivity index (χ4v) is 2.15. The van der Waals surface area contributed by atoms with Gasteiger partial charge in [0.25, 0.3) is 0 Å². The van der Waals surface area contributed by atoms with E-state index >= 15 is 0 Å². The predicted octanol–water partition coefficient (Wildman–Crippen LogP) is 2.68. The van der Waals surface area contributed by atoms with Crippen molar-refractivity contribution in [1.29, 1.82) is 0 Å². The number of hydrogen-bond donors (Lipinski definition) is 2. The van der Waals surface area contributed by atoms with Crippen LogP contribution in [-0.4, -0.2) is 23.3 Å². The summed E-state index contributed by atoms with van der Waals surface area (Å²) in [5, 5.41) is 2.75. The largest absolute Gasteiger partial charge is 0.494 e. The first kappa shape index (κ1) is 17.5. The van der Waals surface area contributed by atoms with E-state index in [0.717, 1.165) is 0 Å². The summed E-state index contributed by atoms with van der Waals surface area (Å²) in [7, 11) is 0. The summed E-state index contributed by atoms with van der Waals surface area (Å²) in [6, 6.07) is 8.38. The third-order valence-corrected chi connectivity index (χ3v) is 3.46. The summed E-state index contributed by atoms with van der Waals surface area (Å²) < 4.78 is 5.56. The third kappa shape index (κ3) is 5.08. The topological polar surface area (TPSA) is 88.3 Å². The number of aromatic nitrogens is 1. The van der Waals surface area contributed by atoms with Crippen LogP contribution in [0.5, 0.6) is 5.75 Å². The number of benzene rings is 1. The van der Waals surface area contributed by atoms with Gasteiger partial charge in [-0.15, -0.1) is 0 Å². The zero-order valence-corrected chi connectivity index (χ0v) is 13.7. The Morgan fingerprint density at radius 1 is 1.25 bits per heavy atom. The van der Waals surface area contributed by atoms with Crippen LogP contribution in [0, 0.1) is 6.92 Å². The number of rotatable bonds is 7. The molecule has 0 saturated heterocycles. The molecule has 1 aromatic carbocycles. The van der Waals surface area contributed by atoms with Crippen LogP contribution in [-0.2, 0) is 4.79 Å². The maximum atomic E-state index is 11.9. The minimum atomic E-state index is -0.202. The van der Waals surface area contributed by atoms with Gasteiger partial charge in [0.1, 0.15) is 5.75 Å². The highest BCUT2D eigenvalue weighted by molar-refractivity contribution is 5.94. The molecule has 0 bridgehead atoms. The molecule has 0 saturated carbocycles. The SMILES string of the molecule is CC(=O)c1cccc(OCCCC(=O)Nc2c[nH]c(=O)cc2C)c1. The van der Waals surface area contributed by atoms with Crippen LogP contribution >= 0.6 is 0 Å². The van der Waals surface area contributed by atoms with Crippen molar-refractivity contribution < 1.29 is 14.3 Å².